The van der Waals surface area contributed by atoms with Crippen molar-refractivity contribution in [2.75, 3.05) is 0 Å². The van der Waals surface area contributed by atoms with E-state index in [9.17, 15) is 10.1 Å². The molecule has 1 aromatic heterocycles. The second-order valence-corrected chi connectivity index (χ2v) is 5.08. The Morgan fingerprint density at radius 3 is 2.60 bits per heavy atom. The highest BCUT2D eigenvalue weighted by Crippen LogP contribution is 2.49. The van der Waals surface area contributed by atoms with Gasteiger partial charge in [0.1, 0.15) is 5.92 Å². The van der Waals surface area contributed by atoms with Gasteiger partial charge in [0.2, 0.25) is 0 Å². The van der Waals surface area contributed by atoms with Crippen LogP contribution in [0.1, 0.15) is 29.5 Å². The van der Waals surface area contributed by atoms with Crippen LogP contribution < -0.4 is 0 Å². The molecule has 0 radical (unpaired) electrons. The number of hydrogen-bond donors (Lipinski definition) is 0. The highest BCUT2D eigenvalue weighted by Gasteiger charge is 2.46. The first-order valence-corrected chi connectivity index (χ1v) is 6.70. The molecule has 1 aromatic carbocycles. The van der Waals surface area contributed by atoms with Crippen molar-refractivity contribution >= 4 is 5.78 Å². The van der Waals surface area contributed by atoms with E-state index < -0.39 is 5.92 Å². The fourth-order valence-corrected chi connectivity index (χ4v) is 2.61. The Morgan fingerprint density at radius 1 is 1.20 bits per heavy atom. The van der Waals surface area contributed by atoms with Crippen LogP contribution in [0.5, 0.6) is 0 Å². The molecule has 1 heterocycles. The zero-order valence-electron chi connectivity index (χ0n) is 10.9. The average Bonchev–Trinajstić information content (AvgIpc) is 3.30. The minimum Gasteiger partial charge on any atom is -0.297 e. The zero-order valence-corrected chi connectivity index (χ0v) is 10.9. The highest BCUT2D eigenvalue weighted by atomic mass is 16.1. The van der Waals surface area contributed by atoms with Crippen LogP contribution in [0.15, 0.2) is 54.7 Å². The molecule has 0 bridgehead atoms. The minimum atomic E-state index is -0.741. The lowest BCUT2D eigenvalue weighted by Gasteiger charge is -2.07. The Bertz CT molecular complexity index is 646. The summed E-state index contributed by atoms with van der Waals surface area (Å²) in [4.78, 5) is 16.6. The summed E-state index contributed by atoms with van der Waals surface area (Å²) in [5.41, 5.74) is 1.74. The Labute approximate surface area is 117 Å². The maximum absolute atomic E-state index is 12.5. The molecule has 1 fully saturated rings. The van der Waals surface area contributed by atoms with Crippen LogP contribution >= 0.6 is 0 Å². The topological polar surface area (TPSA) is 53.8 Å². The van der Waals surface area contributed by atoms with Gasteiger partial charge in [-0.3, -0.25) is 9.78 Å². The molecule has 3 nitrogen and oxygen atoms in total. The number of ketones is 1. The van der Waals surface area contributed by atoms with Gasteiger partial charge in [-0.2, -0.15) is 5.26 Å². The van der Waals surface area contributed by atoms with Gasteiger partial charge in [0.15, 0.2) is 5.78 Å². The van der Waals surface area contributed by atoms with E-state index in [2.05, 4.69) is 11.1 Å². The minimum absolute atomic E-state index is 0.0000491. The van der Waals surface area contributed by atoms with Crippen molar-refractivity contribution in [2.24, 2.45) is 5.92 Å². The summed E-state index contributed by atoms with van der Waals surface area (Å²) in [5.74, 6) is -0.512. The van der Waals surface area contributed by atoms with E-state index in [4.69, 9.17) is 0 Å². The van der Waals surface area contributed by atoms with Crippen LogP contribution in [0.4, 0.5) is 0 Å². The summed E-state index contributed by atoms with van der Waals surface area (Å²) < 4.78 is 0. The molecule has 0 aliphatic heterocycles. The number of hydrogen-bond acceptors (Lipinski definition) is 3. The molecule has 1 saturated carbocycles. The summed E-state index contributed by atoms with van der Waals surface area (Å²) in [7, 11) is 0. The number of pyridine rings is 1. The average molecular weight is 262 g/mol. The zero-order chi connectivity index (χ0) is 13.9. The Balaban J connectivity index is 1.76. The first-order chi connectivity index (χ1) is 9.81. The van der Waals surface area contributed by atoms with Crippen molar-refractivity contribution in [1.82, 2.24) is 4.98 Å². The van der Waals surface area contributed by atoms with Gasteiger partial charge in [0.05, 0.1) is 11.8 Å². The third-order valence-electron chi connectivity index (χ3n) is 3.78. The van der Waals surface area contributed by atoms with E-state index in [1.165, 1.54) is 5.56 Å². The molecule has 3 heteroatoms. The van der Waals surface area contributed by atoms with Gasteiger partial charge in [-0.25, -0.2) is 0 Å². The molecule has 3 rings (SSSR count). The second-order valence-electron chi connectivity index (χ2n) is 5.08. The smallest absolute Gasteiger partial charge is 0.159 e. The largest absolute Gasteiger partial charge is 0.297 e. The van der Waals surface area contributed by atoms with Crippen molar-refractivity contribution in [3.05, 3.63) is 66.0 Å². The van der Waals surface area contributed by atoms with Crippen molar-refractivity contribution in [1.29, 1.82) is 5.26 Å². The van der Waals surface area contributed by atoms with Crippen molar-refractivity contribution < 1.29 is 4.79 Å². The molecule has 0 amide bonds. The number of nitrogens with zero attached hydrogens (tertiary/aromatic N) is 2. The lowest BCUT2D eigenvalue weighted by Crippen LogP contribution is -2.14. The van der Waals surface area contributed by atoms with Gasteiger partial charge >= 0.3 is 0 Å². The summed E-state index contributed by atoms with van der Waals surface area (Å²) in [6.07, 6.45) is 2.46. The maximum Gasteiger partial charge on any atom is 0.159 e. The molecule has 0 saturated heterocycles. The van der Waals surface area contributed by atoms with E-state index in [0.29, 0.717) is 5.69 Å². The Hall–Kier alpha value is -2.47. The number of Topliss-reactive ketones (excluding diaryl/α,β-unsaturated/α-hetero) is 1. The molecule has 20 heavy (non-hydrogen) atoms. The van der Waals surface area contributed by atoms with Gasteiger partial charge < -0.3 is 0 Å². The summed E-state index contributed by atoms with van der Waals surface area (Å²) in [5, 5.41) is 9.27. The molecular weight excluding hydrogens is 248 g/mol. The molecule has 1 aliphatic rings. The van der Waals surface area contributed by atoms with Crippen LogP contribution in [0.3, 0.4) is 0 Å². The van der Waals surface area contributed by atoms with Gasteiger partial charge in [0.25, 0.3) is 0 Å². The van der Waals surface area contributed by atoms with Crippen LogP contribution in [-0.4, -0.2) is 10.8 Å². The summed E-state index contributed by atoms with van der Waals surface area (Å²) in [6.45, 7) is 0. The van der Waals surface area contributed by atoms with Crippen LogP contribution in [0.25, 0.3) is 0 Å². The van der Waals surface area contributed by atoms with Crippen molar-refractivity contribution in [3.63, 3.8) is 0 Å². The predicted molar refractivity (Wildman–Crippen MR) is 74.9 cm³/mol. The number of carbonyl (C=O) groups is 1. The number of benzene rings is 1. The lowest BCUT2D eigenvalue weighted by atomic mass is 9.95. The lowest BCUT2D eigenvalue weighted by molar-refractivity contribution is -0.120. The van der Waals surface area contributed by atoms with Crippen LogP contribution in [0.2, 0.25) is 0 Å². The van der Waals surface area contributed by atoms with Crippen LogP contribution in [-0.2, 0) is 4.79 Å². The quantitative estimate of drug-likeness (QED) is 0.850. The van der Waals surface area contributed by atoms with E-state index in [1.807, 2.05) is 36.4 Å². The highest BCUT2D eigenvalue weighted by molar-refractivity contribution is 5.93. The standard InChI is InChI=1S/C17H14N2O/c18-11-15(16-8-4-5-9-19-16)17(20)14-10-13(14)12-6-2-1-3-7-12/h1-9,13-15H,10H2. The van der Waals surface area contributed by atoms with Gasteiger partial charge in [-0.15, -0.1) is 0 Å². The van der Waals surface area contributed by atoms with Gasteiger partial charge in [0, 0.05) is 12.1 Å². The molecule has 1 aliphatic carbocycles. The number of nitriles is 1. The Morgan fingerprint density at radius 2 is 1.95 bits per heavy atom. The van der Waals surface area contributed by atoms with Gasteiger partial charge in [-0.1, -0.05) is 36.4 Å². The van der Waals surface area contributed by atoms with Crippen molar-refractivity contribution in [2.45, 2.75) is 18.3 Å². The fourth-order valence-electron chi connectivity index (χ4n) is 2.61. The molecule has 3 atom stereocenters. The summed E-state index contributed by atoms with van der Waals surface area (Å²) >= 11 is 0. The molecule has 98 valence electrons. The first kappa shape index (κ1) is 12.6. The molecule has 0 spiro atoms. The fraction of sp³-hybridized carbons (Fsp3) is 0.235. The second kappa shape index (κ2) is 5.26. The van der Waals surface area contributed by atoms with Gasteiger partial charge in [-0.05, 0) is 30.0 Å². The molecule has 3 unspecified atom stereocenters. The number of rotatable bonds is 4. The normalized spacial score (nSPS) is 21.8. The van der Waals surface area contributed by atoms with E-state index in [0.717, 1.165) is 6.42 Å². The van der Waals surface area contributed by atoms with Crippen molar-refractivity contribution in [3.8, 4) is 6.07 Å². The van der Waals surface area contributed by atoms with E-state index in [1.54, 1.807) is 18.3 Å². The SMILES string of the molecule is N#CC(C(=O)C1CC1c1ccccc1)c1ccccn1. The maximum atomic E-state index is 12.5. The third kappa shape index (κ3) is 2.33. The molecule has 0 N–H and O–H groups in total. The monoisotopic (exact) mass is 262 g/mol. The van der Waals surface area contributed by atoms with E-state index >= 15 is 0 Å². The van der Waals surface area contributed by atoms with Crippen LogP contribution in [0, 0.1) is 17.2 Å². The number of carbonyl (C=O) groups excluding carboxylic acids is 1. The third-order valence-corrected chi connectivity index (χ3v) is 3.78. The van der Waals surface area contributed by atoms with E-state index in [-0.39, 0.29) is 17.6 Å². The molecular formula is C17H14N2O. The molecule has 2 aromatic rings. The first-order valence-electron chi connectivity index (χ1n) is 6.70. The predicted octanol–water partition coefficient (Wildman–Crippen LogP) is 3.06. The number of aromatic nitrogens is 1. The summed E-state index contributed by atoms with van der Waals surface area (Å²) in [6, 6.07) is 17.4. The Kier molecular flexibility index (Phi) is 3.30.